The van der Waals surface area contributed by atoms with E-state index in [0.717, 1.165) is 32.5 Å². The zero-order valence-electron chi connectivity index (χ0n) is 7.79. The van der Waals surface area contributed by atoms with Gasteiger partial charge in [0, 0.05) is 14.5 Å². The number of hydrogen-bond donors (Lipinski definition) is 1. The Morgan fingerprint density at radius 2 is 2.23 bits per heavy atom. The fraction of sp³-hybridized carbons (Fsp3) is 0.889. The molecule has 0 aliphatic carbocycles. The van der Waals surface area contributed by atoms with E-state index in [9.17, 15) is 4.79 Å². The first-order valence-electron chi connectivity index (χ1n) is 4.98. The normalized spacial score (nSPS) is 29.2. The Hall–Kier alpha value is -0.610. The number of hydrogen-bond acceptors (Lipinski definition) is 3. The first-order chi connectivity index (χ1) is 6.38. The van der Waals surface area contributed by atoms with Crippen LogP contribution < -0.4 is 5.32 Å². The minimum absolute atomic E-state index is 0. The van der Waals surface area contributed by atoms with Crippen LogP contribution in [0.2, 0.25) is 0 Å². The van der Waals surface area contributed by atoms with Gasteiger partial charge in [-0.05, 0) is 19.4 Å². The largest absolute Gasteiger partial charge is 0.378 e. The lowest BCUT2D eigenvalue weighted by atomic mass is 10.2. The van der Waals surface area contributed by atoms with Crippen molar-refractivity contribution >= 4 is 5.91 Å². The number of amides is 1. The first kappa shape index (κ1) is 8.97. The maximum absolute atomic E-state index is 11.8. The molecule has 0 radical (unpaired) electrons. The van der Waals surface area contributed by atoms with Gasteiger partial charge >= 0.3 is 0 Å². The summed E-state index contributed by atoms with van der Waals surface area (Å²) in [6.07, 6.45) is 2.12. The number of rotatable bonds is 1. The standard InChI is InChI=1S/C9H16N2O2.H2/c12-9(8-2-1-3-10-8)11-4-6-13-7-5-11;/h8,10H,1-7H2;1H. The molecule has 2 fully saturated rings. The van der Waals surface area contributed by atoms with Crippen LogP contribution in [-0.2, 0) is 9.53 Å². The lowest BCUT2D eigenvalue weighted by Crippen LogP contribution is -2.48. The Morgan fingerprint density at radius 1 is 1.46 bits per heavy atom. The molecule has 2 aliphatic rings. The molecule has 2 rings (SSSR count). The highest BCUT2D eigenvalue weighted by atomic mass is 16.5. The van der Waals surface area contributed by atoms with Gasteiger partial charge in [0.2, 0.25) is 5.91 Å². The molecule has 13 heavy (non-hydrogen) atoms. The molecular weight excluding hydrogens is 168 g/mol. The number of carbonyl (C=O) groups is 1. The number of nitrogens with zero attached hydrogens (tertiary/aromatic N) is 1. The Morgan fingerprint density at radius 3 is 2.85 bits per heavy atom. The average molecular weight is 186 g/mol. The monoisotopic (exact) mass is 186 g/mol. The molecule has 1 atom stereocenters. The molecule has 2 aliphatic heterocycles. The van der Waals surface area contributed by atoms with Crippen LogP contribution in [0.25, 0.3) is 0 Å². The van der Waals surface area contributed by atoms with Crippen LogP contribution in [0.15, 0.2) is 0 Å². The zero-order valence-corrected chi connectivity index (χ0v) is 7.79. The third kappa shape index (κ3) is 2.00. The van der Waals surface area contributed by atoms with Crippen LogP contribution in [0.4, 0.5) is 0 Å². The van der Waals surface area contributed by atoms with Gasteiger partial charge in [-0.2, -0.15) is 0 Å². The fourth-order valence-corrected chi connectivity index (χ4v) is 1.90. The summed E-state index contributed by atoms with van der Waals surface area (Å²) in [5.41, 5.74) is 0. The minimum Gasteiger partial charge on any atom is -0.378 e. The Labute approximate surface area is 79.7 Å². The highest BCUT2D eigenvalue weighted by molar-refractivity contribution is 5.82. The second-order valence-corrected chi connectivity index (χ2v) is 3.59. The summed E-state index contributed by atoms with van der Waals surface area (Å²) in [6.45, 7) is 3.89. The summed E-state index contributed by atoms with van der Waals surface area (Å²) in [7, 11) is 0. The van der Waals surface area contributed by atoms with Crippen LogP contribution in [0, 0.1) is 0 Å². The van der Waals surface area contributed by atoms with E-state index < -0.39 is 0 Å². The molecule has 0 spiro atoms. The van der Waals surface area contributed by atoms with Crippen molar-refractivity contribution in [3.8, 4) is 0 Å². The van der Waals surface area contributed by atoms with Gasteiger partial charge in [-0.3, -0.25) is 4.79 Å². The highest BCUT2D eigenvalue weighted by Crippen LogP contribution is 2.09. The number of ether oxygens (including phenoxy) is 1. The molecule has 0 aromatic carbocycles. The molecule has 1 unspecified atom stereocenters. The molecule has 76 valence electrons. The topological polar surface area (TPSA) is 41.6 Å². The molecule has 4 heteroatoms. The van der Waals surface area contributed by atoms with Gasteiger partial charge < -0.3 is 15.0 Å². The van der Waals surface area contributed by atoms with Crippen LogP contribution in [-0.4, -0.2) is 49.7 Å². The molecule has 1 amide bonds. The van der Waals surface area contributed by atoms with E-state index >= 15 is 0 Å². The van der Waals surface area contributed by atoms with Crippen molar-refractivity contribution in [3.05, 3.63) is 0 Å². The molecule has 2 heterocycles. The maximum atomic E-state index is 11.8. The van der Waals surface area contributed by atoms with Gasteiger partial charge in [0.1, 0.15) is 0 Å². The number of morpholine rings is 1. The highest BCUT2D eigenvalue weighted by Gasteiger charge is 2.27. The fourth-order valence-electron chi connectivity index (χ4n) is 1.90. The second kappa shape index (κ2) is 4.07. The Balaban J connectivity index is 0.000000980. The van der Waals surface area contributed by atoms with Crippen LogP contribution >= 0.6 is 0 Å². The molecule has 4 nitrogen and oxygen atoms in total. The summed E-state index contributed by atoms with van der Waals surface area (Å²) in [5.74, 6) is 0.265. The van der Waals surface area contributed by atoms with Gasteiger partial charge in [-0.25, -0.2) is 0 Å². The predicted molar refractivity (Wildman–Crippen MR) is 50.5 cm³/mol. The minimum atomic E-state index is 0. The average Bonchev–Trinajstić information content (AvgIpc) is 2.71. The molecule has 1 N–H and O–H groups in total. The summed E-state index contributed by atoms with van der Waals surface area (Å²) in [4.78, 5) is 13.7. The number of nitrogens with one attached hydrogen (secondary N) is 1. The van der Waals surface area contributed by atoms with Gasteiger partial charge in [-0.15, -0.1) is 0 Å². The second-order valence-electron chi connectivity index (χ2n) is 3.59. The smallest absolute Gasteiger partial charge is 0.239 e. The van der Waals surface area contributed by atoms with Crippen molar-refractivity contribution < 1.29 is 11.0 Å². The van der Waals surface area contributed by atoms with E-state index in [4.69, 9.17) is 4.74 Å². The van der Waals surface area contributed by atoms with E-state index in [2.05, 4.69) is 5.32 Å². The summed E-state index contributed by atoms with van der Waals surface area (Å²) in [6, 6.07) is 0.0816. The van der Waals surface area contributed by atoms with Crippen LogP contribution in [0.1, 0.15) is 14.3 Å². The van der Waals surface area contributed by atoms with Crippen LogP contribution in [0.3, 0.4) is 0 Å². The summed E-state index contributed by atoms with van der Waals surface area (Å²) < 4.78 is 5.20. The molecule has 0 aromatic heterocycles. The Bertz CT molecular complexity index is 189. The third-order valence-electron chi connectivity index (χ3n) is 2.68. The third-order valence-corrected chi connectivity index (χ3v) is 2.68. The molecule has 0 bridgehead atoms. The van der Waals surface area contributed by atoms with Crippen molar-refractivity contribution in [1.29, 1.82) is 0 Å². The molecule has 0 aromatic rings. The summed E-state index contributed by atoms with van der Waals surface area (Å²) >= 11 is 0. The quantitative estimate of drug-likeness (QED) is 0.619. The van der Waals surface area contributed by atoms with E-state index in [-0.39, 0.29) is 13.4 Å². The van der Waals surface area contributed by atoms with Gasteiger partial charge in [0.15, 0.2) is 0 Å². The zero-order chi connectivity index (χ0) is 9.10. The maximum Gasteiger partial charge on any atom is 0.239 e. The first-order valence-corrected chi connectivity index (χ1v) is 4.98. The molecular formula is C9H18N2O2. The van der Waals surface area contributed by atoms with Crippen LogP contribution in [0.5, 0.6) is 0 Å². The molecule has 2 saturated heterocycles. The van der Waals surface area contributed by atoms with E-state index in [1.807, 2.05) is 4.90 Å². The van der Waals surface area contributed by atoms with E-state index in [0.29, 0.717) is 13.2 Å². The van der Waals surface area contributed by atoms with Gasteiger partial charge in [0.25, 0.3) is 0 Å². The van der Waals surface area contributed by atoms with Crippen molar-refractivity contribution in [2.75, 3.05) is 32.8 Å². The Kier molecular flexibility index (Phi) is 2.80. The van der Waals surface area contributed by atoms with Crippen molar-refractivity contribution in [2.24, 2.45) is 0 Å². The lowest BCUT2D eigenvalue weighted by Gasteiger charge is -2.29. The SMILES string of the molecule is O=C(C1CCCN1)N1CCOCC1.[HH]. The predicted octanol–water partition coefficient (Wildman–Crippen LogP) is -0.157. The van der Waals surface area contributed by atoms with Gasteiger partial charge in [0.05, 0.1) is 19.3 Å². The summed E-state index contributed by atoms with van der Waals surface area (Å²) in [5, 5.41) is 3.22. The van der Waals surface area contributed by atoms with Crippen molar-refractivity contribution in [1.82, 2.24) is 10.2 Å². The van der Waals surface area contributed by atoms with Crippen molar-refractivity contribution in [2.45, 2.75) is 18.9 Å². The van der Waals surface area contributed by atoms with Crippen molar-refractivity contribution in [3.63, 3.8) is 0 Å². The molecule has 0 saturated carbocycles. The lowest BCUT2D eigenvalue weighted by molar-refractivity contribution is -0.137. The van der Waals surface area contributed by atoms with Gasteiger partial charge in [-0.1, -0.05) is 0 Å². The van der Waals surface area contributed by atoms with E-state index in [1.54, 1.807) is 0 Å². The van der Waals surface area contributed by atoms with E-state index in [1.165, 1.54) is 0 Å². The number of carbonyl (C=O) groups excluding carboxylic acids is 1.